The molecule has 0 bridgehead atoms. The fraction of sp³-hybridized carbons (Fsp3) is 0.429. The molecule has 0 saturated heterocycles. The number of anilines is 1. The molecule has 0 aromatic carbocycles. The van der Waals surface area contributed by atoms with Crippen molar-refractivity contribution in [2.24, 2.45) is 0 Å². The second-order valence-electron chi connectivity index (χ2n) is 4.76. The molecule has 0 radical (unpaired) electrons. The van der Waals surface area contributed by atoms with E-state index in [1.807, 2.05) is 27.8 Å². The quantitative estimate of drug-likeness (QED) is 0.850. The first-order valence-electron chi connectivity index (χ1n) is 6.63. The van der Waals surface area contributed by atoms with Crippen LogP contribution in [0.2, 0.25) is 0 Å². The van der Waals surface area contributed by atoms with Crippen LogP contribution >= 0.6 is 22.7 Å². The van der Waals surface area contributed by atoms with Gasteiger partial charge in [0.05, 0.1) is 4.88 Å². The molecule has 1 aliphatic carbocycles. The third kappa shape index (κ3) is 2.72. The molecule has 1 amide bonds. The second kappa shape index (κ2) is 5.84. The molecule has 0 atom stereocenters. The molecule has 100 valence electrons. The van der Waals surface area contributed by atoms with Gasteiger partial charge >= 0.3 is 0 Å². The van der Waals surface area contributed by atoms with E-state index in [2.05, 4.69) is 4.98 Å². The summed E-state index contributed by atoms with van der Waals surface area (Å²) in [6.45, 7) is 0. The molecule has 1 saturated carbocycles. The number of rotatable bonds is 3. The fourth-order valence-electron chi connectivity index (χ4n) is 2.60. The van der Waals surface area contributed by atoms with Crippen LogP contribution in [0.4, 0.5) is 5.13 Å². The van der Waals surface area contributed by atoms with E-state index >= 15 is 0 Å². The molecule has 5 heteroatoms. The molecule has 1 aliphatic rings. The number of nitrogens with zero attached hydrogens (tertiary/aromatic N) is 2. The molecule has 2 aromatic rings. The summed E-state index contributed by atoms with van der Waals surface area (Å²) >= 11 is 3.06. The average molecular weight is 292 g/mol. The van der Waals surface area contributed by atoms with Crippen molar-refractivity contribution in [1.29, 1.82) is 0 Å². The van der Waals surface area contributed by atoms with E-state index in [4.69, 9.17) is 0 Å². The zero-order valence-corrected chi connectivity index (χ0v) is 12.3. The Hall–Kier alpha value is -1.20. The van der Waals surface area contributed by atoms with Gasteiger partial charge in [0.25, 0.3) is 5.91 Å². The predicted molar refractivity (Wildman–Crippen MR) is 80.1 cm³/mol. The van der Waals surface area contributed by atoms with Gasteiger partial charge in [-0.1, -0.05) is 25.3 Å². The van der Waals surface area contributed by atoms with Gasteiger partial charge in [-0.25, -0.2) is 4.98 Å². The largest absolute Gasteiger partial charge is 0.280 e. The van der Waals surface area contributed by atoms with E-state index in [9.17, 15) is 4.79 Å². The Morgan fingerprint density at radius 3 is 2.68 bits per heavy atom. The lowest BCUT2D eigenvalue weighted by Gasteiger charge is -2.32. The van der Waals surface area contributed by atoms with Crippen molar-refractivity contribution >= 4 is 33.7 Å². The normalized spacial score (nSPS) is 16.4. The van der Waals surface area contributed by atoms with Crippen LogP contribution in [0.3, 0.4) is 0 Å². The summed E-state index contributed by atoms with van der Waals surface area (Å²) in [7, 11) is 0. The molecule has 0 unspecified atom stereocenters. The fourth-order valence-corrected chi connectivity index (χ4v) is 3.97. The first-order valence-corrected chi connectivity index (χ1v) is 8.39. The Labute approximate surface area is 120 Å². The standard InChI is InChI=1S/C14H16N2OS2/c17-13(12-7-4-9-18-12)16(14-15-8-10-19-14)11-5-2-1-3-6-11/h4,7-11H,1-3,5-6H2. The lowest BCUT2D eigenvalue weighted by Crippen LogP contribution is -2.41. The topological polar surface area (TPSA) is 33.2 Å². The number of thiophene rings is 1. The first-order chi connectivity index (χ1) is 9.36. The Balaban J connectivity index is 1.90. The Morgan fingerprint density at radius 1 is 1.21 bits per heavy atom. The van der Waals surface area contributed by atoms with E-state index in [1.165, 1.54) is 30.6 Å². The van der Waals surface area contributed by atoms with Gasteiger partial charge in [0.2, 0.25) is 0 Å². The van der Waals surface area contributed by atoms with Crippen molar-refractivity contribution in [3.63, 3.8) is 0 Å². The molecule has 1 fully saturated rings. The summed E-state index contributed by atoms with van der Waals surface area (Å²) in [6, 6.07) is 4.14. The summed E-state index contributed by atoms with van der Waals surface area (Å²) in [4.78, 5) is 19.8. The van der Waals surface area contributed by atoms with Crippen molar-refractivity contribution in [3.05, 3.63) is 34.0 Å². The minimum Gasteiger partial charge on any atom is -0.280 e. The van der Waals surface area contributed by atoms with Gasteiger partial charge < -0.3 is 0 Å². The highest BCUT2D eigenvalue weighted by Gasteiger charge is 2.29. The Kier molecular flexibility index (Phi) is 3.94. The van der Waals surface area contributed by atoms with E-state index in [-0.39, 0.29) is 5.91 Å². The van der Waals surface area contributed by atoms with Gasteiger partial charge in [-0.2, -0.15) is 0 Å². The van der Waals surface area contributed by atoms with Gasteiger partial charge in [0, 0.05) is 17.6 Å². The summed E-state index contributed by atoms with van der Waals surface area (Å²) < 4.78 is 0. The predicted octanol–water partition coefficient (Wildman–Crippen LogP) is 4.18. The van der Waals surface area contributed by atoms with Gasteiger partial charge in [-0.3, -0.25) is 9.69 Å². The van der Waals surface area contributed by atoms with Crippen LogP contribution < -0.4 is 4.90 Å². The van der Waals surface area contributed by atoms with Gasteiger partial charge in [0.1, 0.15) is 0 Å². The molecular weight excluding hydrogens is 276 g/mol. The molecule has 19 heavy (non-hydrogen) atoms. The van der Waals surface area contributed by atoms with Gasteiger partial charge in [-0.15, -0.1) is 22.7 Å². The van der Waals surface area contributed by atoms with Crippen LogP contribution in [0.1, 0.15) is 41.8 Å². The number of hydrogen-bond acceptors (Lipinski definition) is 4. The monoisotopic (exact) mass is 292 g/mol. The number of amides is 1. The molecule has 3 nitrogen and oxygen atoms in total. The van der Waals surface area contributed by atoms with Crippen molar-refractivity contribution in [2.75, 3.05) is 4.90 Å². The maximum atomic E-state index is 12.7. The molecule has 0 spiro atoms. The SMILES string of the molecule is O=C(c1cccs1)N(c1nccs1)C1CCCCC1. The lowest BCUT2D eigenvalue weighted by molar-refractivity contribution is 0.0974. The highest BCUT2D eigenvalue weighted by molar-refractivity contribution is 7.14. The van der Waals surface area contributed by atoms with E-state index in [0.29, 0.717) is 6.04 Å². The third-order valence-electron chi connectivity index (χ3n) is 3.52. The molecule has 2 aromatic heterocycles. The number of carbonyl (C=O) groups is 1. The third-order valence-corrected chi connectivity index (χ3v) is 5.14. The minimum atomic E-state index is 0.108. The van der Waals surface area contributed by atoms with Crippen LogP contribution in [0.5, 0.6) is 0 Å². The number of carbonyl (C=O) groups excluding carboxylic acids is 1. The molecule has 2 heterocycles. The lowest BCUT2D eigenvalue weighted by atomic mass is 9.94. The zero-order valence-electron chi connectivity index (χ0n) is 10.6. The van der Waals surface area contributed by atoms with Crippen LogP contribution in [0.15, 0.2) is 29.1 Å². The highest BCUT2D eigenvalue weighted by atomic mass is 32.1. The van der Waals surface area contributed by atoms with Crippen molar-refractivity contribution in [2.45, 2.75) is 38.1 Å². The summed E-state index contributed by atoms with van der Waals surface area (Å²) in [5.74, 6) is 0.108. The summed E-state index contributed by atoms with van der Waals surface area (Å²) in [5.41, 5.74) is 0. The first kappa shape index (κ1) is 12.8. The average Bonchev–Trinajstić information content (AvgIpc) is 3.13. The zero-order chi connectivity index (χ0) is 13.1. The number of aromatic nitrogens is 1. The van der Waals surface area contributed by atoms with Crippen molar-refractivity contribution in [3.8, 4) is 0 Å². The maximum Gasteiger partial charge on any atom is 0.270 e. The van der Waals surface area contributed by atoms with E-state index in [1.54, 1.807) is 17.5 Å². The maximum absolute atomic E-state index is 12.7. The van der Waals surface area contributed by atoms with Crippen molar-refractivity contribution < 1.29 is 4.79 Å². The molecule has 3 rings (SSSR count). The van der Waals surface area contributed by atoms with Crippen LogP contribution in [0, 0.1) is 0 Å². The van der Waals surface area contributed by atoms with Crippen LogP contribution in [0.25, 0.3) is 0 Å². The minimum absolute atomic E-state index is 0.108. The van der Waals surface area contributed by atoms with Crippen LogP contribution in [-0.4, -0.2) is 16.9 Å². The van der Waals surface area contributed by atoms with Crippen LogP contribution in [-0.2, 0) is 0 Å². The molecule has 0 aliphatic heterocycles. The molecule has 0 N–H and O–H groups in total. The highest BCUT2D eigenvalue weighted by Crippen LogP contribution is 2.30. The van der Waals surface area contributed by atoms with Gasteiger partial charge in [-0.05, 0) is 24.3 Å². The molecular formula is C14H16N2OS2. The smallest absolute Gasteiger partial charge is 0.270 e. The summed E-state index contributed by atoms with van der Waals surface area (Å²) in [5, 5.41) is 4.73. The van der Waals surface area contributed by atoms with Crippen molar-refractivity contribution in [1.82, 2.24) is 4.98 Å². The van der Waals surface area contributed by atoms with E-state index in [0.717, 1.165) is 22.9 Å². The number of hydrogen-bond donors (Lipinski definition) is 0. The van der Waals surface area contributed by atoms with E-state index < -0.39 is 0 Å². The summed E-state index contributed by atoms with van der Waals surface area (Å²) in [6.07, 6.45) is 7.68. The second-order valence-corrected chi connectivity index (χ2v) is 6.58. The Morgan fingerprint density at radius 2 is 2.05 bits per heavy atom. The Bertz CT molecular complexity index is 516. The van der Waals surface area contributed by atoms with Gasteiger partial charge in [0.15, 0.2) is 5.13 Å². The number of thiazole rings is 1.